The molecule has 1 spiro atoms. The molecule has 1 aromatic heterocycles. The molecule has 4 aliphatic rings. The van der Waals surface area contributed by atoms with Crippen LogP contribution in [0.4, 0.5) is 0 Å². The summed E-state index contributed by atoms with van der Waals surface area (Å²) in [5.41, 5.74) is -0.836. The van der Waals surface area contributed by atoms with Gasteiger partial charge in [-0.25, -0.2) is 4.68 Å². The number of ether oxygens (including phenoxy) is 2. The van der Waals surface area contributed by atoms with Gasteiger partial charge in [0.25, 0.3) is 5.91 Å². The number of carbonyl (C=O) groups excluding carboxylic acids is 3. The molecule has 1 aromatic carbocycles. The minimum absolute atomic E-state index is 0.0631. The molecule has 11 heteroatoms. The second kappa shape index (κ2) is 9.87. The number of hydrogen-bond donors (Lipinski definition) is 1. The van der Waals surface area contributed by atoms with Gasteiger partial charge in [0.15, 0.2) is 0 Å². The minimum atomic E-state index is -1.31. The highest BCUT2D eigenvalue weighted by atomic mass is 16.6. The molecule has 5 heterocycles. The van der Waals surface area contributed by atoms with E-state index in [9.17, 15) is 19.5 Å². The van der Waals surface area contributed by atoms with E-state index in [-0.39, 0.29) is 38.2 Å². The van der Waals surface area contributed by atoms with E-state index in [0.717, 1.165) is 11.0 Å². The molecule has 0 radical (unpaired) electrons. The Hall–Kier alpha value is -3.57. The van der Waals surface area contributed by atoms with Crippen molar-refractivity contribution < 1.29 is 29.0 Å². The molecule has 2 fully saturated rings. The van der Waals surface area contributed by atoms with Crippen molar-refractivity contribution in [2.24, 2.45) is 11.8 Å². The molecule has 0 saturated carbocycles. The van der Waals surface area contributed by atoms with Gasteiger partial charge in [0, 0.05) is 19.7 Å². The average Bonchev–Trinajstić information content (AvgIpc) is 3.47. The van der Waals surface area contributed by atoms with E-state index in [1.54, 1.807) is 20.6 Å². The maximum absolute atomic E-state index is 14.4. The predicted molar refractivity (Wildman–Crippen MR) is 139 cm³/mol. The predicted octanol–water partition coefficient (Wildman–Crippen LogP) is 1.42. The summed E-state index contributed by atoms with van der Waals surface area (Å²) < 4.78 is 14.0. The molecule has 2 saturated heterocycles. The molecule has 6 rings (SSSR count). The lowest BCUT2D eigenvalue weighted by molar-refractivity contribution is -0.159. The van der Waals surface area contributed by atoms with Crippen molar-refractivity contribution in [2.75, 3.05) is 26.3 Å². The highest BCUT2D eigenvalue weighted by Crippen LogP contribution is 2.58. The number of hydrogen-bond acceptors (Lipinski definition) is 8. The van der Waals surface area contributed by atoms with Crippen LogP contribution < -0.4 is 0 Å². The Balaban J connectivity index is 1.40. The molecule has 2 aromatic rings. The van der Waals surface area contributed by atoms with Crippen molar-refractivity contribution in [1.29, 1.82) is 0 Å². The number of fused-ring (bicyclic) bond motifs is 3. The van der Waals surface area contributed by atoms with Crippen molar-refractivity contribution >= 4 is 28.8 Å². The van der Waals surface area contributed by atoms with E-state index in [1.807, 2.05) is 49.4 Å². The van der Waals surface area contributed by atoms with E-state index < -0.39 is 35.0 Å². The number of nitrogens with zero attached hydrogens (tertiary/aromatic N) is 5. The molecule has 0 aliphatic carbocycles. The fourth-order valence-corrected chi connectivity index (χ4v) is 6.76. The standard InChI is InChI=1S/C28H33N5O6/c1-2-27-12-9-17-38-26(37)22(27)21-24(35)32(15-6-3-7-16-34)23-25(36)31(14-8-13-28(21,23)39-27)18-33-20-11-5-4-10-19(20)29-30-33/h4-5,8-13,21-23,34H,2-3,6-7,14-18H2,1H3/t21-,22-,23?,27+,28-/m0/s1. The Kier molecular flexibility index (Phi) is 6.50. The molecular formula is C28H33N5O6. The van der Waals surface area contributed by atoms with Gasteiger partial charge < -0.3 is 24.4 Å². The van der Waals surface area contributed by atoms with Crippen LogP contribution in [0.15, 0.2) is 48.6 Å². The molecular weight excluding hydrogens is 502 g/mol. The smallest absolute Gasteiger partial charge is 0.313 e. The summed E-state index contributed by atoms with van der Waals surface area (Å²) in [7, 11) is 0. The Bertz CT molecular complexity index is 1350. The fraction of sp³-hybridized carbons (Fsp3) is 0.536. The van der Waals surface area contributed by atoms with Gasteiger partial charge in [0.1, 0.15) is 42.0 Å². The summed E-state index contributed by atoms with van der Waals surface area (Å²) in [6, 6.07) is 6.58. The zero-order valence-electron chi connectivity index (χ0n) is 21.9. The zero-order valence-corrected chi connectivity index (χ0v) is 21.9. The normalized spacial score (nSPS) is 31.7. The number of likely N-dealkylation sites (tertiary alicyclic amines) is 1. The fourth-order valence-electron chi connectivity index (χ4n) is 6.76. The second-order valence-electron chi connectivity index (χ2n) is 10.7. The van der Waals surface area contributed by atoms with E-state index in [4.69, 9.17) is 9.47 Å². The van der Waals surface area contributed by atoms with Crippen LogP contribution in [0.2, 0.25) is 0 Å². The molecule has 39 heavy (non-hydrogen) atoms. The van der Waals surface area contributed by atoms with E-state index in [2.05, 4.69) is 10.3 Å². The molecule has 206 valence electrons. The molecule has 4 aliphatic heterocycles. The molecule has 2 amide bonds. The van der Waals surface area contributed by atoms with Gasteiger partial charge in [-0.1, -0.05) is 42.5 Å². The van der Waals surface area contributed by atoms with E-state index >= 15 is 0 Å². The average molecular weight is 536 g/mol. The largest absolute Gasteiger partial charge is 0.461 e. The molecule has 1 unspecified atom stereocenters. The van der Waals surface area contributed by atoms with Crippen LogP contribution in [0, 0.1) is 11.8 Å². The number of aliphatic hydroxyl groups excluding tert-OH is 1. The van der Waals surface area contributed by atoms with Gasteiger partial charge in [0.2, 0.25) is 5.91 Å². The lowest BCUT2D eigenvalue weighted by atomic mass is 9.73. The van der Waals surface area contributed by atoms with Gasteiger partial charge in [-0.2, -0.15) is 0 Å². The lowest BCUT2D eigenvalue weighted by Gasteiger charge is -2.38. The number of cyclic esters (lactones) is 1. The number of carbonyl (C=O) groups is 3. The second-order valence-corrected chi connectivity index (χ2v) is 10.7. The number of para-hydroxylation sites is 1. The third-order valence-corrected chi connectivity index (χ3v) is 8.56. The van der Waals surface area contributed by atoms with Gasteiger partial charge in [0.05, 0.1) is 11.4 Å². The molecule has 11 nitrogen and oxygen atoms in total. The third-order valence-electron chi connectivity index (χ3n) is 8.56. The topological polar surface area (TPSA) is 127 Å². The zero-order chi connectivity index (χ0) is 27.2. The molecule has 0 bridgehead atoms. The summed E-state index contributed by atoms with van der Waals surface area (Å²) in [5, 5.41) is 17.7. The van der Waals surface area contributed by atoms with E-state index in [0.29, 0.717) is 32.2 Å². The summed E-state index contributed by atoms with van der Waals surface area (Å²) >= 11 is 0. The monoisotopic (exact) mass is 535 g/mol. The lowest BCUT2D eigenvalue weighted by Crippen LogP contribution is -2.56. The first-order valence-electron chi connectivity index (χ1n) is 13.7. The van der Waals surface area contributed by atoms with E-state index in [1.165, 1.54) is 0 Å². The van der Waals surface area contributed by atoms with Gasteiger partial charge in [-0.15, -0.1) is 5.10 Å². The summed E-state index contributed by atoms with van der Waals surface area (Å²) in [5.74, 6) is -2.76. The number of esters is 1. The summed E-state index contributed by atoms with van der Waals surface area (Å²) in [6.45, 7) is 2.87. The maximum atomic E-state index is 14.4. The summed E-state index contributed by atoms with van der Waals surface area (Å²) in [6.07, 6.45) is 9.67. The van der Waals surface area contributed by atoms with Crippen molar-refractivity contribution in [1.82, 2.24) is 24.8 Å². The first-order chi connectivity index (χ1) is 19.0. The molecule has 5 atom stereocenters. The Morgan fingerprint density at radius 3 is 2.72 bits per heavy atom. The SMILES string of the molecule is CC[C@@]12C=CCOC(=O)[C@@H]1[C@H]1C(=O)N(CCCCCO)C3C(=O)N(Cn4nnc5ccccc54)CC=C[C@@]31O2. The van der Waals surface area contributed by atoms with Crippen molar-refractivity contribution in [3.05, 3.63) is 48.6 Å². The van der Waals surface area contributed by atoms with Crippen LogP contribution in [-0.4, -0.2) is 91.2 Å². The maximum Gasteiger partial charge on any atom is 0.313 e. The van der Waals surface area contributed by atoms with Gasteiger partial charge >= 0.3 is 5.97 Å². The molecule has 1 N–H and O–H groups in total. The Morgan fingerprint density at radius 1 is 1.05 bits per heavy atom. The highest BCUT2D eigenvalue weighted by Gasteiger charge is 2.75. The van der Waals surface area contributed by atoms with Gasteiger partial charge in [-0.3, -0.25) is 14.4 Å². The number of unbranched alkanes of at least 4 members (excludes halogenated alkanes) is 2. The van der Waals surface area contributed by atoms with Crippen molar-refractivity contribution in [3.63, 3.8) is 0 Å². The van der Waals surface area contributed by atoms with Crippen LogP contribution in [0.25, 0.3) is 11.0 Å². The summed E-state index contributed by atoms with van der Waals surface area (Å²) in [4.78, 5) is 45.1. The van der Waals surface area contributed by atoms with Gasteiger partial charge in [-0.05, 0) is 43.9 Å². The van der Waals surface area contributed by atoms with Crippen LogP contribution in [0.5, 0.6) is 0 Å². The number of aliphatic hydroxyl groups is 1. The number of aromatic nitrogens is 3. The quantitative estimate of drug-likeness (QED) is 0.306. The van der Waals surface area contributed by atoms with Crippen LogP contribution in [0.1, 0.15) is 32.6 Å². The number of rotatable bonds is 8. The van der Waals surface area contributed by atoms with Crippen LogP contribution in [-0.2, 0) is 30.5 Å². The first-order valence-corrected chi connectivity index (χ1v) is 13.7. The Morgan fingerprint density at radius 2 is 1.90 bits per heavy atom. The Labute approximate surface area is 226 Å². The van der Waals surface area contributed by atoms with Crippen molar-refractivity contribution in [3.8, 4) is 0 Å². The highest BCUT2D eigenvalue weighted by molar-refractivity contribution is 5.99. The number of amides is 2. The van der Waals surface area contributed by atoms with Crippen molar-refractivity contribution in [2.45, 2.75) is 56.5 Å². The van der Waals surface area contributed by atoms with Crippen LogP contribution in [0.3, 0.4) is 0 Å². The van der Waals surface area contributed by atoms with Crippen LogP contribution >= 0.6 is 0 Å². The minimum Gasteiger partial charge on any atom is -0.461 e. The first kappa shape index (κ1) is 25.7. The number of benzene rings is 1. The third kappa shape index (κ3) is 3.89.